The van der Waals surface area contributed by atoms with Crippen LogP contribution in [0.2, 0.25) is 0 Å². The Kier molecular flexibility index (Phi) is 2.42. The van der Waals surface area contributed by atoms with Gasteiger partial charge < -0.3 is 4.42 Å². The predicted octanol–water partition coefficient (Wildman–Crippen LogP) is 6.08. The highest BCUT2D eigenvalue weighted by molar-refractivity contribution is 6.05. The fraction of sp³-hybridized carbons (Fsp3) is 0.409. The standard InChI is InChI=1S/C22H21O/c1-2-4-20-18(3-1)19-12-15(5-6-21(19)23-20)22-16-8-13-7-14(10-16)11-17(22)9-13/h1-6,12-14,16,22H,7-11H2. The number of fused-ring (bicyclic) bond motifs is 3. The Morgan fingerprint density at radius 1 is 0.783 bits per heavy atom. The van der Waals surface area contributed by atoms with Crippen LogP contribution >= 0.6 is 0 Å². The van der Waals surface area contributed by atoms with E-state index in [9.17, 15) is 0 Å². The van der Waals surface area contributed by atoms with Gasteiger partial charge in [0.1, 0.15) is 11.2 Å². The summed E-state index contributed by atoms with van der Waals surface area (Å²) >= 11 is 0. The minimum absolute atomic E-state index is 0.723. The molecule has 4 bridgehead atoms. The largest absolute Gasteiger partial charge is 0.456 e. The van der Waals surface area contributed by atoms with Crippen LogP contribution in [0, 0.1) is 23.7 Å². The summed E-state index contributed by atoms with van der Waals surface area (Å²) in [6.07, 6.45) is 7.26. The highest BCUT2D eigenvalue weighted by atomic mass is 16.3. The molecule has 0 saturated heterocycles. The van der Waals surface area contributed by atoms with Gasteiger partial charge in [0.2, 0.25) is 0 Å². The van der Waals surface area contributed by atoms with Crippen LogP contribution in [-0.2, 0) is 0 Å². The molecule has 1 nitrogen and oxygen atoms in total. The van der Waals surface area contributed by atoms with E-state index in [4.69, 9.17) is 4.42 Å². The van der Waals surface area contributed by atoms with Gasteiger partial charge in [0.05, 0.1) is 0 Å². The molecular weight excluding hydrogens is 280 g/mol. The van der Waals surface area contributed by atoms with E-state index in [1.165, 1.54) is 42.9 Å². The van der Waals surface area contributed by atoms with Crippen LogP contribution < -0.4 is 0 Å². The first kappa shape index (κ1) is 12.6. The zero-order valence-corrected chi connectivity index (χ0v) is 13.3. The van der Waals surface area contributed by atoms with Crippen molar-refractivity contribution in [2.45, 2.75) is 38.0 Å². The number of furan rings is 1. The maximum Gasteiger partial charge on any atom is 0.135 e. The summed E-state index contributed by atoms with van der Waals surface area (Å²) in [4.78, 5) is 0. The molecule has 3 unspecified atom stereocenters. The zero-order chi connectivity index (χ0) is 15.0. The molecule has 23 heavy (non-hydrogen) atoms. The van der Waals surface area contributed by atoms with E-state index < -0.39 is 0 Å². The molecule has 4 aliphatic carbocycles. The average molecular weight is 301 g/mol. The van der Waals surface area contributed by atoms with Gasteiger partial charge in [0, 0.05) is 10.8 Å². The summed E-state index contributed by atoms with van der Waals surface area (Å²) in [7, 11) is 0. The van der Waals surface area contributed by atoms with Crippen LogP contribution in [0.5, 0.6) is 0 Å². The lowest BCUT2D eigenvalue weighted by atomic mass is 9.51. The van der Waals surface area contributed by atoms with Crippen LogP contribution in [-0.4, -0.2) is 0 Å². The minimum atomic E-state index is 0.723. The van der Waals surface area contributed by atoms with Crippen molar-refractivity contribution < 1.29 is 4.42 Å². The molecule has 1 radical (unpaired) electrons. The lowest BCUT2D eigenvalue weighted by molar-refractivity contribution is 0.0724. The Labute approximate surface area is 136 Å². The van der Waals surface area contributed by atoms with Crippen LogP contribution in [0.15, 0.2) is 46.9 Å². The normalized spacial score (nSPS) is 33.0. The predicted molar refractivity (Wildman–Crippen MR) is 93.3 cm³/mol. The number of hydrogen-bond donors (Lipinski definition) is 0. The molecule has 115 valence electrons. The second-order valence-corrected chi connectivity index (χ2v) is 8.10. The maximum atomic E-state index is 6.01. The molecule has 4 fully saturated rings. The highest BCUT2D eigenvalue weighted by Gasteiger charge is 2.48. The second kappa shape index (κ2) is 4.41. The molecule has 1 aromatic heterocycles. The molecule has 3 aromatic rings. The number of hydrogen-bond acceptors (Lipinski definition) is 1. The fourth-order valence-electron chi connectivity index (χ4n) is 6.08. The van der Waals surface area contributed by atoms with Gasteiger partial charge in [-0.1, -0.05) is 24.3 Å². The molecule has 0 amide bonds. The SMILES string of the molecule is c1ccc2c(c1)oc1ccc(C3[C]4CC5CC(C4)CC3C5)cc12. The Morgan fingerprint density at radius 3 is 2.39 bits per heavy atom. The van der Waals surface area contributed by atoms with Crippen molar-refractivity contribution in [2.24, 2.45) is 17.8 Å². The zero-order valence-electron chi connectivity index (χ0n) is 13.3. The van der Waals surface area contributed by atoms with E-state index in [1.54, 1.807) is 5.56 Å². The van der Waals surface area contributed by atoms with Gasteiger partial charge in [-0.2, -0.15) is 0 Å². The van der Waals surface area contributed by atoms with E-state index in [0.29, 0.717) is 0 Å². The van der Waals surface area contributed by atoms with E-state index in [-0.39, 0.29) is 0 Å². The number of para-hydroxylation sites is 1. The third-order valence-electron chi connectivity index (χ3n) is 6.71. The second-order valence-electron chi connectivity index (χ2n) is 8.10. The Bertz CT molecular complexity index is 875. The summed E-state index contributed by atoms with van der Waals surface area (Å²) < 4.78 is 6.01. The summed E-state index contributed by atoms with van der Waals surface area (Å²) in [5.74, 6) is 5.52. The molecule has 0 N–H and O–H groups in total. The molecule has 3 atom stereocenters. The monoisotopic (exact) mass is 301 g/mol. The van der Waals surface area contributed by atoms with Crippen molar-refractivity contribution in [1.82, 2.24) is 0 Å². The smallest absolute Gasteiger partial charge is 0.135 e. The first-order valence-electron chi connectivity index (χ1n) is 9.11. The van der Waals surface area contributed by atoms with Crippen molar-refractivity contribution in [3.05, 3.63) is 53.9 Å². The van der Waals surface area contributed by atoms with E-state index >= 15 is 0 Å². The Hall–Kier alpha value is -1.76. The molecule has 7 rings (SSSR count). The molecule has 1 heterocycles. The Balaban J connectivity index is 1.50. The van der Waals surface area contributed by atoms with Crippen LogP contribution in [0.4, 0.5) is 0 Å². The highest BCUT2D eigenvalue weighted by Crippen LogP contribution is 2.61. The van der Waals surface area contributed by atoms with Gasteiger partial charge in [0.25, 0.3) is 0 Å². The van der Waals surface area contributed by atoms with Gasteiger partial charge in [0.15, 0.2) is 0 Å². The van der Waals surface area contributed by atoms with Crippen LogP contribution in [0.3, 0.4) is 0 Å². The Morgan fingerprint density at radius 2 is 1.57 bits per heavy atom. The summed E-state index contributed by atoms with van der Waals surface area (Å²) in [5, 5.41) is 2.56. The maximum absolute atomic E-state index is 6.01. The van der Waals surface area contributed by atoms with Gasteiger partial charge in [-0.15, -0.1) is 0 Å². The molecule has 4 aliphatic rings. The lowest BCUT2D eigenvalue weighted by Gasteiger charge is -2.54. The third kappa shape index (κ3) is 1.74. The van der Waals surface area contributed by atoms with E-state index in [0.717, 1.165) is 34.8 Å². The number of rotatable bonds is 1. The molecule has 0 aliphatic heterocycles. The van der Waals surface area contributed by atoms with Crippen molar-refractivity contribution in [2.75, 3.05) is 0 Å². The topological polar surface area (TPSA) is 13.1 Å². The van der Waals surface area contributed by atoms with E-state index in [2.05, 4.69) is 42.5 Å². The van der Waals surface area contributed by atoms with Gasteiger partial charge >= 0.3 is 0 Å². The van der Waals surface area contributed by atoms with Crippen molar-refractivity contribution in [1.29, 1.82) is 0 Å². The fourth-order valence-corrected chi connectivity index (χ4v) is 6.08. The van der Waals surface area contributed by atoms with Gasteiger partial charge in [-0.05, 0) is 85.5 Å². The molecule has 2 aromatic carbocycles. The first-order chi connectivity index (χ1) is 11.3. The average Bonchev–Trinajstić information content (AvgIpc) is 2.92. The lowest BCUT2D eigenvalue weighted by Crippen LogP contribution is -2.42. The van der Waals surface area contributed by atoms with Crippen molar-refractivity contribution in [3.8, 4) is 0 Å². The van der Waals surface area contributed by atoms with Crippen molar-refractivity contribution in [3.63, 3.8) is 0 Å². The third-order valence-corrected chi connectivity index (χ3v) is 6.71. The molecule has 0 spiro atoms. The van der Waals surface area contributed by atoms with Gasteiger partial charge in [-0.25, -0.2) is 0 Å². The summed E-state index contributed by atoms with van der Waals surface area (Å²) in [5.41, 5.74) is 3.59. The van der Waals surface area contributed by atoms with Crippen LogP contribution in [0.25, 0.3) is 21.9 Å². The summed E-state index contributed by atoms with van der Waals surface area (Å²) in [6.45, 7) is 0. The van der Waals surface area contributed by atoms with Crippen molar-refractivity contribution >= 4 is 21.9 Å². The van der Waals surface area contributed by atoms with Gasteiger partial charge in [-0.3, -0.25) is 0 Å². The quantitative estimate of drug-likeness (QED) is 0.530. The first-order valence-corrected chi connectivity index (χ1v) is 9.11. The van der Waals surface area contributed by atoms with E-state index in [1.807, 2.05) is 5.92 Å². The summed E-state index contributed by atoms with van der Waals surface area (Å²) in [6, 6.07) is 15.4. The minimum Gasteiger partial charge on any atom is -0.456 e. The molecule has 4 saturated carbocycles. The molecule has 1 heteroatoms. The molecular formula is C22H21O. The van der Waals surface area contributed by atoms with Crippen LogP contribution in [0.1, 0.15) is 43.6 Å². The number of benzene rings is 2.